The molecule has 2 N–H and O–H groups in total. The molecule has 0 aliphatic carbocycles. The molecule has 1 rings (SSSR count). The minimum absolute atomic E-state index is 0.0338. The van der Waals surface area contributed by atoms with E-state index in [0.29, 0.717) is 0 Å². The van der Waals surface area contributed by atoms with E-state index in [1.807, 2.05) is 4.90 Å². The predicted molar refractivity (Wildman–Crippen MR) is 64.2 cm³/mol. The van der Waals surface area contributed by atoms with Crippen molar-refractivity contribution in [1.29, 1.82) is 0 Å². The molecular formula is C12H24N2O2. The third-order valence-corrected chi connectivity index (χ3v) is 2.99. The largest absolute Gasteiger partial charge is 0.393 e. The number of amides is 1. The Morgan fingerprint density at radius 1 is 1.62 bits per heavy atom. The SMILES string of the molecule is CCCNC1CCN(CCCC(C)O)C1=O. The number of rotatable bonds is 7. The van der Waals surface area contributed by atoms with Crippen molar-refractivity contribution >= 4 is 5.91 Å². The van der Waals surface area contributed by atoms with Gasteiger partial charge in [0.15, 0.2) is 0 Å². The Kier molecular flexibility index (Phi) is 5.77. The molecule has 0 aromatic heterocycles. The van der Waals surface area contributed by atoms with Crippen LogP contribution in [0.5, 0.6) is 0 Å². The highest BCUT2D eigenvalue weighted by molar-refractivity contribution is 5.83. The van der Waals surface area contributed by atoms with Gasteiger partial charge in [0.2, 0.25) is 5.91 Å². The number of likely N-dealkylation sites (tertiary alicyclic amines) is 1. The lowest BCUT2D eigenvalue weighted by molar-refractivity contribution is -0.129. The monoisotopic (exact) mass is 228 g/mol. The fraction of sp³-hybridized carbons (Fsp3) is 0.917. The summed E-state index contributed by atoms with van der Waals surface area (Å²) < 4.78 is 0. The number of nitrogens with one attached hydrogen (secondary N) is 1. The summed E-state index contributed by atoms with van der Waals surface area (Å²) in [6.07, 6.45) is 3.40. The fourth-order valence-corrected chi connectivity index (χ4v) is 2.05. The first-order valence-electron chi connectivity index (χ1n) is 6.35. The Morgan fingerprint density at radius 3 is 3.00 bits per heavy atom. The predicted octanol–water partition coefficient (Wildman–Crippen LogP) is 0.748. The van der Waals surface area contributed by atoms with Crippen LogP contribution < -0.4 is 5.32 Å². The summed E-state index contributed by atoms with van der Waals surface area (Å²) in [6.45, 7) is 6.45. The number of hydrogen-bond acceptors (Lipinski definition) is 3. The zero-order chi connectivity index (χ0) is 12.0. The first-order chi connectivity index (χ1) is 7.65. The second-order valence-electron chi connectivity index (χ2n) is 4.61. The molecule has 1 amide bonds. The van der Waals surface area contributed by atoms with Gasteiger partial charge in [-0.05, 0) is 39.2 Å². The number of carbonyl (C=O) groups is 1. The van der Waals surface area contributed by atoms with Gasteiger partial charge >= 0.3 is 0 Å². The summed E-state index contributed by atoms with van der Waals surface area (Å²) in [5.74, 6) is 0.235. The molecule has 1 aliphatic rings. The molecule has 0 radical (unpaired) electrons. The standard InChI is InChI=1S/C12H24N2O2/c1-3-7-13-11-6-9-14(12(11)16)8-4-5-10(2)15/h10-11,13,15H,3-9H2,1-2H3. The van der Waals surface area contributed by atoms with E-state index in [-0.39, 0.29) is 18.1 Å². The number of aliphatic hydroxyl groups excluding tert-OH is 1. The number of carbonyl (C=O) groups excluding carboxylic acids is 1. The van der Waals surface area contributed by atoms with Crippen LogP contribution in [0.25, 0.3) is 0 Å². The van der Waals surface area contributed by atoms with Crippen LogP contribution in [-0.4, -0.2) is 47.7 Å². The third kappa shape index (κ3) is 4.10. The van der Waals surface area contributed by atoms with Gasteiger partial charge < -0.3 is 15.3 Å². The molecule has 2 atom stereocenters. The average molecular weight is 228 g/mol. The van der Waals surface area contributed by atoms with Crippen LogP contribution in [0.3, 0.4) is 0 Å². The molecule has 0 aromatic carbocycles. The Bertz CT molecular complexity index is 219. The molecule has 1 heterocycles. The van der Waals surface area contributed by atoms with Crippen LogP contribution >= 0.6 is 0 Å². The maximum atomic E-state index is 11.9. The zero-order valence-corrected chi connectivity index (χ0v) is 10.4. The van der Waals surface area contributed by atoms with Gasteiger partial charge in [0.05, 0.1) is 12.1 Å². The summed E-state index contributed by atoms with van der Waals surface area (Å²) in [4.78, 5) is 13.8. The highest BCUT2D eigenvalue weighted by atomic mass is 16.3. The van der Waals surface area contributed by atoms with Gasteiger partial charge in [0.1, 0.15) is 0 Å². The second-order valence-corrected chi connectivity index (χ2v) is 4.61. The van der Waals surface area contributed by atoms with E-state index in [2.05, 4.69) is 12.2 Å². The molecular weight excluding hydrogens is 204 g/mol. The van der Waals surface area contributed by atoms with Crippen LogP contribution in [0.4, 0.5) is 0 Å². The van der Waals surface area contributed by atoms with Gasteiger partial charge in [0.25, 0.3) is 0 Å². The summed E-state index contributed by atoms with van der Waals surface area (Å²) >= 11 is 0. The smallest absolute Gasteiger partial charge is 0.239 e. The third-order valence-electron chi connectivity index (χ3n) is 2.99. The molecule has 0 aromatic rings. The second kappa shape index (κ2) is 6.86. The molecule has 2 unspecified atom stereocenters. The fourth-order valence-electron chi connectivity index (χ4n) is 2.05. The maximum Gasteiger partial charge on any atom is 0.239 e. The number of hydrogen-bond donors (Lipinski definition) is 2. The van der Waals surface area contributed by atoms with Crippen LogP contribution in [0, 0.1) is 0 Å². The molecule has 4 nitrogen and oxygen atoms in total. The van der Waals surface area contributed by atoms with Crippen molar-refractivity contribution in [2.24, 2.45) is 0 Å². The van der Waals surface area contributed by atoms with E-state index in [0.717, 1.165) is 45.3 Å². The van der Waals surface area contributed by atoms with Gasteiger partial charge in [-0.3, -0.25) is 4.79 Å². The molecule has 0 bridgehead atoms. The van der Waals surface area contributed by atoms with E-state index >= 15 is 0 Å². The Labute approximate surface area is 98.0 Å². The van der Waals surface area contributed by atoms with Gasteiger partial charge in [0, 0.05) is 13.1 Å². The van der Waals surface area contributed by atoms with Gasteiger partial charge in [-0.25, -0.2) is 0 Å². The molecule has 4 heteroatoms. The van der Waals surface area contributed by atoms with Crippen LogP contribution in [0.1, 0.15) is 39.5 Å². The highest BCUT2D eigenvalue weighted by Crippen LogP contribution is 2.12. The number of nitrogens with zero attached hydrogens (tertiary/aromatic N) is 1. The highest BCUT2D eigenvalue weighted by Gasteiger charge is 2.30. The minimum atomic E-state index is -0.258. The molecule has 1 aliphatic heterocycles. The molecule has 1 fully saturated rings. The Morgan fingerprint density at radius 2 is 2.38 bits per heavy atom. The van der Waals surface area contributed by atoms with Crippen LogP contribution in [0.15, 0.2) is 0 Å². The summed E-state index contributed by atoms with van der Waals surface area (Å²) in [5.41, 5.74) is 0. The van der Waals surface area contributed by atoms with Crippen LogP contribution in [-0.2, 0) is 4.79 Å². The lowest BCUT2D eigenvalue weighted by atomic mass is 10.2. The first-order valence-corrected chi connectivity index (χ1v) is 6.35. The molecule has 0 saturated carbocycles. The van der Waals surface area contributed by atoms with E-state index in [4.69, 9.17) is 5.11 Å². The van der Waals surface area contributed by atoms with E-state index in [1.54, 1.807) is 6.92 Å². The first kappa shape index (κ1) is 13.5. The van der Waals surface area contributed by atoms with Gasteiger partial charge in [-0.2, -0.15) is 0 Å². The van der Waals surface area contributed by atoms with E-state index < -0.39 is 0 Å². The summed E-state index contributed by atoms with van der Waals surface area (Å²) in [7, 11) is 0. The van der Waals surface area contributed by atoms with Gasteiger partial charge in [-0.1, -0.05) is 6.92 Å². The van der Waals surface area contributed by atoms with E-state index in [9.17, 15) is 4.79 Å². The summed E-state index contributed by atoms with van der Waals surface area (Å²) in [5, 5.41) is 12.4. The normalized spacial score (nSPS) is 22.8. The lowest BCUT2D eigenvalue weighted by Crippen LogP contribution is -2.38. The number of aliphatic hydroxyl groups is 1. The van der Waals surface area contributed by atoms with Crippen molar-refractivity contribution < 1.29 is 9.90 Å². The van der Waals surface area contributed by atoms with Crippen molar-refractivity contribution in [2.75, 3.05) is 19.6 Å². The van der Waals surface area contributed by atoms with E-state index in [1.165, 1.54) is 0 Å². The molecule has 16 heavy (non-hydrogen) atoms. The maximum absolute atomic E-state index is 11.9. The zero-order valence-electron chi connectivity index (χ0n) is 10.4. The van der Waals surface area contributed by atoms with Crippen molar-refractivity contribution in [3.63, 3.8) is 0 Å². The van der Waals surface area contributed by atoms with Crippen molar-refractivity contribution in [3.8, 4) is 0 Å². The van der Waals surface area contributed by atoms with Crippen LogP contribution in [0.2, 0.25) is 0 Å². The van der Waals surface area contributed by atoms with Crippen molar-refractivity contribution in [1.82, 2.24) is 10.2 Å². The van der Waals surface area contributed by atoms with Crippen molar-refractivity contribution in [3.05, 3.63) is 0 Å². The lowest BCUT2D eigenvalue weighted by Gasteiger charge is -2.17. The molecule has 0 spiro atoms. The molecule has 94 valence electrons. The minimum Gasteiger partial charge on any atom is -0.393 e. The summed E-state index contributed by atoms with van der Waals surface area (Å²) in [6, 6.07) is 0.0338. The Balaban J connectivity index is 2.22. The Hall–Kier alpha value is -0.610. The van der Waals surface area contributed by atoms with Crippen molar-refractivity contribution in [2.45, 2.75) is 51.7 Å². The topological polar surface area (TPSA) is 52.6 Å². The quantitative estimate of drug-likeness (QED) is 0.676. The van der Waals surface area contributed by atoms with Gasteiger partial charge in [-0.15, -0.1) is 0 Å². The molecule has 1 saturated heterocycles. The average Bonchev–Trinajstić information content (AvgIpc) is 2.57.